The lowest BCUT2D eigenvalue weighted by atomic mass is 10.2. The summed E-state index contributed by atoms with van der Waals surface area (Å²) in [5.41, 5.74) is 1.84. The molecule has 0 aliphatic carbocycles. The van der Waals surface area contributed by atoms with Crippen LogP contribution in [0.3, 0.4) is 0 Å². The molecule has 1 saturated heterocycles. The lowest BCUT2D eigenvalue weighted by Gasteiger charge is -2.16. The Labute approximate surface area is 215 Å². The van der Waals surface area contributed by atoms with Crippen LogP contribution >= 0.6 is 11.6 Å². The number of carbonyl (C=O) groups excluding carboxylic acids is 2. The summed E-state index contributed by atoms with van der Waals surface area (Å²) in [6.07, 6.45) is 0.573. The predicted molar refractivity (Wildman–Crippen MR) is 135 cm³/mol. The number of anilines is 1. The van der Waals surface area contributed by atoms with Gasteiger partial charge in [-0.1, -0.05) is 41.9 Å². The second-order valence-electron chi connectivity index (χ2n) is 8.57. The molecule has 0 bridgehead atoms. The number of nitrogens with one attached hydrogen (secondary N) is 1. The highest BCUT2D eigenvalue weighted by molar-refractivity contribution is 7.89. The van der Waals surface area contributed by atoms with Gasteiger partial charge in [0.1, 0.15) is 10.7 Å². The van der Waals surface area contributed by atoms with Gasteiger partial charge in [0.05, 0.1) is 17.1 Å². The highest BCUT2D eigenvalue weighted by atomic mass is 35.5. The molecule has 1 amide bonds. The summed E-state index contributed by atoms with van der Waals surface area (Å²) in [6.45, 7) is 4.49. The van der Waals surface area contributed by atoms with E-state index in [1.54, 1.807) is 6.92 Å². The number of nitrogens with zero attached hydrogens (tertiary/aromatic N) is 3. The molecule has 3 aromatic rings. The Morgan fingerprint density at radius 1 is 1.08 bits per heavy atom. The first-order valence-electron chi connectivity index (χ1n) is 11.6. The maximum atomic E-state index is 12.8. The zero-order valence-corrected chi connectivity index (χ0v) is 21.6. The fourth-order valence-corrected chi connectivity index (χ4v) is 5.78. The van der Waals surface area contributed by atoms with Crippen LogP contribution < -0.4 is 5.32 Å². The number of benzene rings is 2. The van der Waals surface area contributed by atoms with Gasteiger partial charge in [0.15, 0.2) is 6.10 Å². The Morgan fingerprint density at radius 3 is 2.36 bits per heavy atom. The van der Waals surface area contributed by atoms with Gasteiger partial charge in [-0.15, -0.1) is 0 Å². The highest BCUT2D eigenvalue weighted by Crippen LogP contribution is 2.24. The molecular formula is C25H27ClN4O5S. The summed E-state index contributed by atoms with van der Waals surface area (Å²) in [7, 11) is -3.54. The van der Waals surface area contributed by atoms with Crippen LogP contribution in [0.15, 0.2) is 59.5 Å². The van der Waals surface area contributed by atoms with Gasteiger partial charge in [-0.2, -0.15) is 9.40 Å². The molecule has 36 heavy (non-hydrogen) atoms. The molecule has 1 N–H and O–H groups in total. The third kappa shape index (κ3) is 5.61. The number of aromatic nitrogens is 2. The van der Waals surface area contributed by atoms with Crippen LogP contribution in [0.25, 0.3) is 0 Å². The number of hydrogen-bond acceptors (Lipinski definition) is 6. The largest absolute Gasteiger partial charge is 0.449 e. The smallest absolute Gasteiger partial charge is 0.343 e. The average Bonchev–Trinajstić information content (AvgIpc) is 3.49. The second-order valence-corrected chi connectivity index (χ2v) is 10.9. The summed E-state index contributed by atoms with van der Waals surface area (Å²) in [6, 6.07) is 15.4. The summed E-state index contributed by atoms with van der Waals surface area (Å²) in [5, 5.41) is 7.10. The summed E-state index contributed by atoms with van der Waals surface area (Å²) in [4.78, 5) is 25.6. The van der Waals surface area contributed by atoms with Gasteiger partial charge in [0, 0.05) is 18.8 Å². The summed E-state index contributed by atoms with van der Waals surface area (Å²) >= 11 is 6.41. The molecule has 1 aliphatic heterocycles. The van der Waals surface area contributed by atoms with Gasteiger partial charge in [0.2, 0.25) is 10.0 Å². The standard InChI is InChI=1S/C25H27ClN4O5S/c1-17-22(23(26)30(28-17)16-19-8-4-3-5-9-19)25(32)35-18(2)24(31)27-20-10-12-21(13-11-20)36(33,34)29-14-6-7-15-29/h3-5,8-13,18H,6-7,14-16H2,1-2H3,(H,27,31). The molecule has 1 aromatic heterocycles. The zero-order valence-electron chi connectivity index (χ0n) is 20.0. The van der Waals surface area contributed by atoms with E-state index >= 15 is 0 Å². The van der Waals surface area contributed by atoms with E-state index in [2.05, 4.69) is 10.4 Å². The summed E-state index contributed by atoms with van der Waals surface area (Å²) in [5.74, 6) is -1.32. The lowest BCUT2D eigenvalue weighted by molar-refractivity contribution is -0.123. The van der Waals surface area contributed by atoms with E-state index in [-0.39, 0.29) is 15.6 Å². The fourth-order valence-electron chi connectivity index (χ4n) is 3.95. The van der Waals surface area contributed by atoms with Crippen molar-refractivity contribution in [2.45, 2.75) is 44.2 Å². The SMILES string of the molecule is Cc1nn(Cc2ccccc2)c(Cl)c1C(=O)OC(C)C(=O)Nc1ccc(S(=O)(=O)N2CCCC2)cc1. The van der Waals surface area contributed by atoms with Crippen molar-refractivity contribution in [3.63, 3.8) is 0 Å². The molecule has 2 heterocycles. The first-order valence-corrected chi connectivity index (χ1v) is 13.4. The molecule has 190 valence electrons. The number of halogens is 1. The van der Waals surface area contributed by atoms with E-state index in [0.29, 0.717) is 31.0 Å². The van der Waals surface area contributed by atoms with E-state index in [1.165, 1.54) is 40.2 Å². The van der Waals surface area contributed by atoms with Crippen LogP contribution in [0.4, 0.5) is 5.69 Å². The number of aryl methyl sites for hydroxylation is 1. The van der Waals surface area contributed by atoms with Crippen LogP contribution in [-0.4, -0.2) is 53.6 Å². The number of ether oxygens (including phenoxy) is 1. The molecule has 2 aromatic carbocycles. The first kappa shape index (κ1) is 25.9. The minimum Gasteiger partial charge on any atom is -0.449 e. The number of esters is 1. The molecule has 4 rings (SSSR count). The van der Waals surface area contributed by atoms with Crippen molar-refractivity contribution in [1.29, 1.82) is 0 Å². The molecule has 11 heteroatoms. The van der Waals surface area contributed by atoms with Crippen molar-refractivity contribution in [1.82, 2.24) is 14.1 Å². The summed E-state index contributed by atoms with van der Waals surface area (Å²) < 4.78 is 33.6. The van der Waals surface area contributed by atoms with Crippen molar-refractivity contribution in [2.24, 2.45) is 0 Å². The Hall–Kier alpha value is -3.21. The highest BCUT2D eigenvalue weighted by Gasteiger charge is 2.28. The van der Waals surface area contributed by atoms with Gasteiger partial charge >= 0.3 is 5.97 Å². The van der Waals surface area contributed by atoms with Crippen molar-refractivity contribution < 1.29 is 22.7 Å². The van der Waals surface area contributed by atoms with Crippen molar-refractivity contribution in [3.05, 3.63) is 76.6 Å². The zero-order chi connectivity index (χ0) is 25.9. The second kappa shape index (κ2) is 10.8. The van der Waals surface area contributed by atoms with Gasteiger partial charge in [-0.05, 0) is 56.5 Å². The van der Waals surface area contributed by atoms with Crippen LogP contribution in [0, 0.1) is 6.92 Å². The molecule has 1 aliphatic rings. The van der Waals surface area contributed by atoms with Gasteiger partial charge < -0.3 is 10.1 Å². The molecule has 9 nitrogen and oxygen atoms in total. The van der Waals surface area contributed by atoms with Gasteiger partial charge in [-0.25, -0.2) is 17.9 Å². The van der Waals surface area contributed by atoms with Crippen molar-refractivity contribution in [2.75, 3.05) is 18.4 Å². The number of amides is 1. The molecule has 0 spiro atoms. The van der Waals surface area contributed by atoms with Gasteiger partial charge in [-0.3, -0.25) is 4.79 Å². The average molecular weight is 531 g/mol. The number of hydrogen-bond donors (Lipinski definition) is 1. The van der Waals surface area contributed by atoms with E-state index < -0.39 is 28.0 Å². The topological polar surface area (TPSA) is 111 Å². The minimum atomic E-state index is -3.54. The van der Waals surface area contributed by atoms with Crippen LogP contribution in [-0.2, 0) is 26.1 Å². The fraction of sp³-hybridized carbons (Fsp3) is 0.320. The maximum absolute atomic E-state index is 12.8. The lowest BCUT2D eigenvalue weighted by Crippen LogP contribution is -2.30. The minimum absolute atomic E-state index is 0.101. The molecule has 0 saturated carbocycles. The Balaban J connectivity index is 1.38. The quantitative estimate of drug-likeness (QED) is 0.443. The van der Waals surface area contributed by atoms with Crippen molar-refractivity contribution >= 4 is 39.2 Å². The Kier molecular flexibility index (Phi) is 7.77. The van der Waals surface area contributed by atoms with Crippen LogP contribution in [0.5, 0.6) is 0 Å². The van der Waals surface area contributed by atoms with E-state index in [9.17, 15) is 18.0 Å². The number of carbonyl (C=O) groups is 2. The Bertz CT molecular complexity index is 1350. The van der Waals surface area contributed by atoms with E-state index in [4.69, 9.17) is 16.3 Å². The van der Waals surface area contributed by atoms with E-state index in [0.717, 1.165) is 18.4 Å². The number of rotatable bonds is 8. The third-order valence-electron chi connectivity index (χ3n) is 5.92. The number of sulfonamides is 1. The van der Waals surface area contributed by atoms with Crippen LogP contribution in [0.2, 0.25) is 5.15 Å². The normalized spacial score (nSPS) is 15.0. The van der Waals surface area contributed by atoms with Crippen LogP contribution in [0.1, 0.15) is 41.4 Å². The van der Waals surface area contributed by atoms with Crippen molar-refractivity contribution in [3.8, 4) is 0 Å². The molecular weight excluding hydrogens is 504 g/mol. The first-order chi connectivity index (χ1) is 17.2. The predicted octanol–water partition coefficient (Wildman–Crippen LogP) is 3.86. The molecule has 1 atom stereocenters. The van der Waals surface area contributed by atoms with Gasteiger partial charge in [0.25, 0.3) is 5.91 Å². The van der Waals surface area contributed by atoms with E-state index in [1.807, 2.05) is 30.3 Å². The molecule has 0 radical (unpaired) electrons. The maximum Gasteiger partial charge on any atom is 0.343 e. The third-order valence-corrected chi connectivity index (χ3v) is 8.22. The Morgan fingerprint density at radius 2 is 1.72 bits per heavy atom. The monoisotopic (exact) mass is 530 g/mol. The molecule has 1 fully saturated rings. The molecule has 1 unspecified atom stereocenters.